The van der Waals surface area contributed by atoms with Crippen molar-refractivity contribution in [3.8, 4) is 11.5 Å². The molecular weight excluding hydrogens is 728 g/mol. The zero-order valence-electron chi connectivity index (χ0n) is 34.1. The molecular formula is C37H29N4O2Pt-3. The minimum absolute atomic E-state index is 0. The number of para-hydroxylation sites is 5. The normalized spacial score (nSPS) is 19.0. The second-order valence-corrected chi connectivity index (χ2v) is 10.4. The Hall–Kier alpha value is -4.54. The molecule has 44 heavy (non-hydrogen) atoms. The maximum Gasteiger partial charge on any atom is 0.301 e. The van der Waals surface area contributed by atoms with Gasteiger partial charge in [0.15, 0.2) is 5.58 Å². The maximum absolute atomic E-state index is 8.59. The fourth-order valence-electron chi connectivity index (χ4n) is 5.43. The molecule has 0 spiro atoms. The molecule has 0 unspecified atom stereocenters. The Morgan fingerprint density at radius 2 is 1.70 bits per heavy atom. The van der Waals surface area contributed by atoms with Gasteiger partial charge in [-0.1, -0.05) is 68.7 Å². The van der Waals surface area contributed by atoms with Gasteiger partial charge in [0.2, 0.25) is 0 Å². The van der Waals surface area contributed by atoms with Crippen LogP contribution in [0.15, 0.2) is 107 Å². The summed E-state index contributed by atoms with van der Waals surface area (Å²) in [5, 5.41) is 0. The first-order chi connectivity index (χ1) is 25.5. The summed E-state index contributed by atoms with van der Waals surface area (Å²) in [6.07, 6.45) is 0. The van der Waals surface area contributed by atoms with Gasteiger partial charge in [-0.15, -0.1) is 48.3 Å². The van der Waals surface area contributed by atoms with E-state index in [1.807, 2.05) is 25.1 Å². The Balaban J connectivity index is 0.00000465. The molecule has 2 aliphatic heterocycles. The van der Waals surface area contributed by atoms with Crippen molar-refractivity contribution < 1.29 is 45.3 Å². The van der Waals surface area contributed by atoms with E-state index in [1.54, 1.807) is 58.9 Å². The third-order valence-electron chi connectivity index (χ3n) is 7.35. The van der Waals surface area contributed by atoms with E-state index in [1.165, 1.54) is 17.0 Å². The van der Waals surface area contributed by atoms with Gasteiger partial charge >= 0.3 is 6.01 Å². The molecule has 0 atom stereocenters. The zero-order chi connectivity index (χ0) is 38.5. The first kappa shape index (κ1) is 18.3. The number of hydrogen-bond donors (Lipinski definition) is 0. The molecule has 1 aromatic heterocycles. The largest absolute Gasteiger partial charge is 0.509 e. The van der Waals surface area contributed by atoms with Crippen LogP contribution in [0.2, 0.25) is 0 Å². The summed E-state index contributed by atoms with van der Waals surface area (Å²) in [5.41, 5.74) is 1.31. The van der Waals surface area contributed by atoms with E-state index in [-0.39, 0.29) is 67.6 Å². The van der Waals surface area contributed by atoms with Crippen LogP contribution in [0, 0.1) is 25.7 Å². The summed E-state index contributed by atoms with van der Waals surface area (Å²) in [4.78, 5) is 9.25. The number of aromatic nitrogens is 1. The van der Waals surface area contributed by atoms with Crippen molar-refractivity contribution in [1.82, 2.24) is 4.98 Å². The molecule has 6 aromatic rings. The predicted molar refractivity (Wildman–Crippen MR) is 171 cm³/mol. The minimum Gasteiger partial charge on any atom is -0.509 e. The number of fused-ring (bicyclic) bond motifs is 3. The van der Waals surface area contributed by atoms with Gasteiger partial charge in [-0.2, -0.15) is 16.6 Å². The summed E-state index contributed by atoms with van der Waals surface area (Å²) in [6.45, 7) is -2.90. The van der Waals surface area contributed by atoms with E-state index in [0.29, 0.717) is 28.2 Å². The summed E-state index contributed by atoms with van der Waals surface area (Å²) >= 11 is 0. The molecule has 0 saturated heterocycles. The molecule has 0 N–H and O–H groups in total. The molecule has 8 rings (SSSR count). The van der Waals surface area contributed by atoms with Gasteiger partial charge in [0, 0.05) is 64.4 Å². The summed E-state index contributed by atoms with van der Waals surface area (Å²) in [5.74, 6) is 0.388. The molecule has 0 saturated carbocycles. The smallest absolute Gasteiger partial charge is 0.301 e. The van der Waals surface area contributed by atoms with Gasteiger partial charge in [-0.25, -0.2) is 0 Å². The van der Waals surface area contributed by atoms with E-state index in [2.05, 4.69) is 17.1 Å². The second-order valence-electron chi connectivity index (χ2n) is 10.4. The number of hydrogen-bond acceptors (Lipinski definition) is 6. The van der Waals surface area contributed by atoms with Gasteiger partial charge in [0.25, 0.3) is 0 Å². The Kier molecular flexibility index (Phi) is 4.52. The van der Waals surface area contributed by atoms with Crippen LogP contribution >= 0.6 is 0 Å². The number of oxazole rings is 1. The molecule has 5 aromatic carbocycles. The second kappa shape index (κ2) is 10.9. The molecule has 0 bridgehead atoms. The predicted octanol–water partition coefficient (Wildman–Crippen LogP) is 9.36. The molecule has 6 nitrogen and oxygen atoms in total. The van der Waals surface area contributed by atoms with Crippen molar-refractivity contribution in [2.75, 3.05) is 21.2 Å². The summed E-state index contributed by atoms with van der Waals surface area (Å²) in [6, 6.07) is 24.9. The minimum atomic E-state index is -2.95. The van der Waals surface area contributed by atoms with Crippen LogP contribution in [0.25, 0.3) is 11.1 Å². The number of ether oxygens (including phenoxy) is 1. The molecule has 2 aliphatic rings. The van der Waals surface area contributed by atoms with Crippen LogP contribution in [0.5, 0.6) is 11.5 Å². The van der Waals surface area contributed by atoms with Crippen molar-refractivity contribution in [2.45, 2.75) is 26.0 Å². The number of aryl methyl sites for hydroxylation is 1. The molecule has 3 heterocycles. The SMILES string of the molecule is [2H]c1c([2H])c([2H])c(N2[CH-]N(c3[c-]c(Oc4[c-]c5c(cc4)C(C([2H])([2H])[2H])(C([2H])([2H])[2H])CN5c4nc5ccccc5o4)cc(C)c3)c3ccccc32)c([2H])c1[2H].[Pt]. The van der Waals surface area contributed by atoms with Crippen molar-refractivity contribution >= 4 is 45.6 Å². The van der Waals surface area contributed by atoms with Crippen LogP contribution in [-0.4, -0.2) is 11.5 Å². The molecule has 222 valence electrons. The van der Waals surface area contributed by atoms with Crippen molar-refractivity contribution in [2.24, 2.45) is 0 Å². The Labute approximate surface area is 287 Å². The number of benzene rings is 5. The van der Waals surface area contributed by atoms with Crippen LogP contribution in [-0.2, 0) is 26.5 Å². The first-order valence-electron chi connectivity index (χ1n) is 19.0. The van der Waals surface area contributed by atoms with Crippen molar-refractivity contribution in [1.29, 1.82) is 0 Å². The zero-order valence-corrected chi connectivity index (χ0v) is 25.4. The standard InChI is InChI=1S/C37H29N4O2.Pt/c1-25-19-27(41-24-40(26-11-5-4-6-12-26)32-14-8-9-15-33(32)41)21-29(20-25)42-28-17-18-30-34(22-28)39(23-37(30,2)3)36-38-31-13-7-10-16-35(31)43-36;/h4-20,24H,23H2,1-3H3;/q-3;/i2D3,3D3,4D,5D,6D,11D,12D;. The third kappa shape index (κ3) is 4.84. The maximum atomic E-state index is 8.59. The molecule has 0 radical (unpaired) electrons. The van der Waals surface area contributed by atoms with Gasteiger partial charge < -0.3 is 23.9 Å². The van der Waals surface area contributed by atoms with Crippen LogP contribution in [0.1, 0.15) is 39.9 Å². The van der Waals surface area contributed by atoms with Gasteiger partial charge in [0.05, 0.1) is 6.85 Å². The average Bonchev–Trinajstić information content (AvgIpc) is 3.82. The number of rotatable bonds is 5. The van der Waals surface area contributed by atoms with Gasteiger partial charge in [-0.3, -0.25) is 0 Å². The number of nitrogens with zero attached hydrogens (tertiary/aromatic N) is 4. The van der Waals surface area contributed by atoms with E-state index < -0.39 is 43.8 Å². The monoisotopic (exact) mass is 767 g/mol. The van der Waals surface area contributed by atoms with E-state index in [0.717, 1.165) is 5.56 Å². The van der Waals surface area contributed by atoms with Crippen molar-refractivity contribution in [3.05, 3.63) is 133 Å². The summed E-state index contributed by atoms with van der Waals surface area (Å²) in [7, 11) is 0. The van der Waals surface area contributed by atoms with Crippen molar-refractivity contribution in [3.63, 3.8) is 0 Å². The third-order valence-corrected chi connectivity index (χ3v) is 7.35. The van der Waals surface area contributed by atoms with Crippen LogP contribution < -0.4 is 19.4 Å². The average molecular weight is 768 g/mol. The Morgan fingerprint density at radius 1 is 0.932 bits per heavy atom. The summed E-state index contributed by atoms with van der Waals surface area (Å²) < 4.78 is 105. The Morgan fingerprint density at radius 3 is 2.50 bits per heavy atom. The fourth-order valence-corrected chi connectivity index (χ4v) is 5.43. The fraction of sp³-hybridized carbons (Fsp3) is 0.135. The van der Waals surface area contributed by atoms with Gasteiger partial charge in [-0.05, 0) is 41.8 Å². The quantitative estimate of drug-likeness (QED) is 0.163. The molecule has 0 aliphatic carbocycles. The Bertz CT molecular complexity index is 2410. The van der Waals surface area contributed by atoms with E-state index in [4.69, 9.17) is 24.2 Å². The van der Waals surface area contributed by atoms with E-state index in [9.17, 15) is 0 Å². The van der Waals surface area contributed by atoms with Crippen LogP contribution in [0.4, 0.5) is 34.5 Å². The molecule has 0 amide bonds. The number of anilines is 6. The van der Waals surface area contributed by atoms with Crippen LogP contribution in [0.3, 0.4) is 0 Å². The first-order valence-corrected chi connectivity index (χ1v) is 13.5. The molecule has 7 heteroatoms. The molecule has 0 fully saturated rings. The van der Waals surface area contributed by atoms with Gasteiger partial charge in [0.1, 0.15) is 5.52 Å². The topological polar surface area (TPSA) is 45.0 Å². The van der Waals surface area contributed by atoms with E-state index >= 15 is 0 Å².